The van der Waals surface area contributed by atoms with E-state index in [9.17, 15) is 9.59 Å². The molecule has 0 saturated carbocycles. The summed E-state index contributed by atoms with van der Waals surface area (Å²) in [6.07, 6.45) is 4.16. The van der Waals surface area contributed by atoms with Gasteiger partial charge in [-0.3, -0.25) is 0 Å². The second-order valence-electron chi connectivity index (χ2n) is 5.61. The molecule has 2 aromatic heterocycles. The van der Waals surface area contributed by atoms with Crippen LogP contribution < -0.4 is 19.6 Å². The average Bonchev–Trinajstić information content (AvgIpc) is 3.29. The van der Waals surface area contributed by atoms with Gasteiger partial charge in [0.15, 0.2) is 0 Å². The van der Waals surface area contributed by atoms with E-state index in [1.54, 1.807) is 0 Å². The fraction of sp³-hybridized carbons (Fsp3) is 0.444. The molecule has 2 rings (SSSR count). The van der Waals surface area contributed by atoms with Crippen LogP contribution in [-0.2, 0) is 0 Å². The molecule has 26 heavy (non-hydrogen) atoms. The van der Waals surface area contributed by atoms with E-state index in [0.717, 1.165) is 57.5 Å². The fourth-order valence-corrected chi connectivity index (χ4v) is 12.7. The summed E-state index contributed by atoms with van der Waals surface area (Å²) in [6.45, 7) is 5.70. The van der Waals surface area contributed by atoms with Gasteiger partial charge in [-0.1, -0.05) is 0 Å². The Labute approximate surface area is 174 Å². The SMILES string of the molecule is CCCCNC(=O)c1sccc1[Se][Se]c1ccsc1C(=O)NCCCC. The Hall–Kier alpha value is -0.621. The molecule has 0 bridgehead atoms. The van der Waals surface area contributed by atoms with Crippen molar-refractivity contribution in [2.45, 2.75) is 39.5 Å². The van der Waals surface area contributed by atoms with Crippen molar-refractivity contribution >= 4 is 69.7 Å². The molecule has 0 fully saturated rings. The summed E-state index contributed by atoms with van der Waals surface area (Å²) >= 11 is 3.42. The Bertz CT molecular complexity index is 655. The Balaban J connectivity index is 1.94. The standard InChI is InChI=1S/C18H24N2O2S2Se2/c1-3-5-9-19-17(21)15-13(7-11-23-15)25-26-14-8-12-24-16(14)18(22)20-10-6-4-2/h7-8,11-12H,3-6,9-10H2,1-2H3,(H,19,21)(H,20,22). The summed E-state index contributed by atoms with van der Waals surface area (Å²) in [5.41, 5.74) is 0. The molecule has 2 amide bonds. The van der Waals surface area contributed by atoms with Crippen LogP contribution >= 0.6 is 22.7 Å². The Morgan fingerprint density at radius 3 is 1.65 bits per heavy atom. The van der Waals surface area contributed by atoms with Crippen molar-refractivity contribution in [2.75, 3.05) is 13.1 Å². The molecule has 2 aromatic rings. The number of carbonyl (C=O) groups excluding carboxylic acids is 2. The van der Waals surface area contributed by atoms with Crippen molar-refractivity contribution in [3.63, 3.8) is 0 Å². The van der Waals surface area contributed by atoms with E-state index in [4.69, 9.17) is 0 Å². The third-order valence-corrected chi connectivity index (χ3v) is 13.1. The number of thiophene rings is 2. The van der Waals surface area contributed by atoms with Gasteiger partial charge in [0.25, 0.3) is 0 Å². The molecule has 0 spiro atoms. The van der Waals surface area contributed by atoms with Gasteiger partial charge >= 0.3 is 175 Å². The van der Waals surface area contributed by atoms with Crippen LogP contribution in [0.2, 0.25) is 0 Å². The van der Waals surface area contributed by atoms with E-state index in [1.807, 2.05) is 10.8 Å². The molecular weight excluding hydrogens is 498 g/mol. The summed E-state index contributed by atoms with van der Waals surface area (Å²) in [5, 5.41) is 10.00. The molecular formula is C18H24N2O2S2Se2. The zero-order chi connectivity index (χ0) is 18.8. The van der Waals surface area contributed by atoms with E-state index in [-0.39, 0.29) is 38.1 Å². The summed E-state index contributed by atoms with van der Waals surface area (Å²) in [7, 11) is 0. The number of rotatable bonds is 11. The molecule has 4 nitrogen and oxygen atoms in total. The van der Waals surface area contributed by atoms with Crippen molar-refractivity contribution in [2.24, 2.45) is 0 Å². The molecule has 0 atom stereocenters. The first kappa shape index (κ1) is 21.7. The fourth-order valence-electron chi connectivity index (χ4n) is 2.07. The summed E-state index contributed by atoms with van der Waals surface area (Å²) in [5.74, 6) is 0.0907. The second-order valence-corrected chi connectivity index (χ2v) is 13.6. The van der Waals surface area contributed by atoms with Crippen molar-refractivity contribution in [3.05, 3.63) is 32.6 Å². The van der Waals surface area contributed by atoms with E-state index in [2.05, 4.69) is 36.6 Å². The van der Waals surface area contributed by atoms with Crippen LogP contribution in [0.1, 0.15) is 58.9 Å². The van der Waals surface area contributed by atoms with E-state index < -0.39 is 0 Å². The van der Waals surface area contributed by atoms with Crippen LogP contribution in [0.25, 0.3) is 0 Å². The number of hydrogen-bond donors (Lipinski definition) is 2. The molecule has 0 aliphatic heterocycles. The normalized spacial score (nSPS) is 10.7. The topological polar surface area (TPSA) is 58.2 Å². The number of amides is 2. The van der Waals surface area contributed by atoms with Gasteiger partial charge in [-0.05, 0) is 0 Å². The maximum absolute atomic E-state index is 12.3. The van der Waals surface area contributed by atoms with Gasteiger partial charge in [0.2, 0.25) is 0 Å². The predicted octanol–water partition coefficient (Wildman–Crippen LogP) is 2.14. The monoisotopic (exact) mass is 524 g/mol. The third-order valence-electron chi connectivity index (χ3n) is 3.52. The van der Waals surface area contributed by atoms with Crippen molar-refractivity contribution < 1.29 is 9.59 Å². The van der Waals surface area contributed by atoms with Gasteiger partial charge in [-0.15, -0.1) is 0 Å². The van der Waals surface area contributed by atoms with Crippen molar-refractivity contribution in [1.29, 1.82) is 0 Å². The summed E-state index contributed by atoms with van der Waals surface area (Å²) in [6, 6.07) is 4.13. The molecule has 0 saturated heterocycles. The number of hydrogen-bond acceptors (Lipinski definition) is 4. The van der Waals surface area contributed by atoms with E-state index in [0.29, 0.717) is 0 Å². The second kappa shape index (κ2) is 12.0. The quantitative estimate of drug-likeness (QED) is 0.351. The zero-order valence-corrected chi connectivity index (χ0v) is 20.1. The van der Waals surface area contributed by atoms with Gasteiger partial charge in [0.1, 0.15) is 0 Å². The van der Waals surface area contributed by atoms with Gasteiger partial charge in [-0.25, -0.2) is 0 Å². The van der Waals surface area contributed by atoms with Gasteiger partial charge in [0, 0.05) is 0 Å². The number of unbranched alkanes of at least 4 members (excludes halogenated alkanes) is 2. The van der Waals surface area contributed by atoms with Gasteiger partial charge in [0.05, 0.1) is 0 Å². The van der Waals surface area contributed by atoms with Crippen LogP contribution in [0.4, 0.5) is 0 Å². The Kier molecular flexibility index (Phi) is 9.97. The average molecular weight is 522 g/mol. The molecule has 0 aromatic carbocycles. The first-order chi connectivity index (χ1) is 12.7. The van der Waals surface area contributed by atoms with Crippen LogP contribution in [0.5, 0.6) is 0 Å². The Morgan fingerprint density at radius 1 is 0.846 bits per heavy atom. The van der Waals surface area contributed by atoms with Crippen molar-refractivity contribution in [1.82, 2.24) is 10.6 Å². The first-order valence-electron chi connectivity index (χ1n) is 8.73. The van der Waals surface area contributed by atoms with Crippen LogP contribution in [0.3, 0.4) is 0 Å². The maximum atomic E-state index is 12.3. The van der Waals surface area contributed by atoms with Crippen LogP contribution in [0.15, 0.2) is 22.9 Å². The summed E-state index contributed by atoms with van der Waals surface area (Å²) in [4.78, 5) is 26.4. The number of nitrogens with one attached hydrogen (secondary N) is 2. The molecule has 8 heteroatoms. The molecule has 0 aliphatic carbocycles. The van der Waals surface area contributed by atoms with Crippen LogP contribution in [-0.4, -0.2) is 51.2 Å². The molecule has 0 unspecified atom stereocenters. The zero-order valence-electron chi connectivity index (χ0n) is 15.0. The minimum absolute atomic E-state index is 0.0453. The molecule has 0 aliphatic rings. The van der Waals surface area contributed by atoms with Gasteiger partial charge < -0.3 is 0 Å². The van der Waals surface area contributed by atoms with Gasteiger partial charge in [-0.2, -0.15) is 0 Å². The molecule has 142 valence electrons. The van der Waals surface area contributed by atoms with Crippen molar-refractivity contribution in [3.8, 4) is 0 Å². The first-order valence-corrected chi connectivity index (χ1v) is 16.5. The summed E-state index contributed by atoms with van der Waals surface area (Å²) < 4.78 is 2.31. The van der Waals surface area contributed by atoms with E-state index in [1.165, 1.54) is 22.7 Å². The molecule has 2 N–H and O–H groups in total. The number of carbonyl (C=O) groups is 2. The molecule has 2 heterocycles. The molecule has 0 radical (unpaired) electrons. The van der Waals surface area contributed by atoms with E-state index >= 15 is 0 Å². The predicted molar refractivity (Wildman–Crippen MR) is 114 cm³/mol. The Morgan fingerprint density at radius 2 is 1.27 bits per heavy atom. The minimum atomic E-state index is 0.0453. The third kappa shape index (κ3) is 6.52. The van der Waals surface area contributed by atoms with Crippen LogP contribution in [0, 0.1) is 0 Å².